The molecule has 5 rings (SSSR count). The Bertz CT molecular complexity index is 811. The number of rotatable bonds is 5. The number of amides is 1. The van der Waals surface area contributed by atoms with Gasteiger partial charge in [-0.05, 0) is 25.0 Å². The number of ether oxygens (including phenoxy) is 2. The largest absolute Gasteiger partial charge is 0.454 e. The smallest absolute Gasteiger partial charge is 0.238 e. The molecule has 8 heteroatoms. The average Bonchev–Trinajstić information content (AvgIpc) is 3.12. The molecule has 3 aliphatic rings. The van der Waals surface area contributed by atoms with Crippen molar-refractivity contribution in [2.24, 2.45) is 0 Å². The zero-order valence-corrected chi connectivity index (χ0v) is 13.6. The highest BCUT2D eigenvalue weighted by Gasteiger charge is 2.35. The summed E-state index contributed by atoms with van der Waals surface area (Å²) in [7, 11) is 0. The molecule has 1 aromatic carbocycles. The van der Waals surface area contributed by atoms with Crippen molar-refractivity contribution in [3.8, 4) is 11.5 Å². The molecule has 2 aromatic rings. The molecular weight excluding hydrogens is 324 g/mol. The highest BCUT2D eigenvalue weighted by molar-refractivity contribution is 5.92. The Kier molecular flexibility index (Phi) is 3.37. The molecule has 1 saturated heterocycles. The van der Waals surface area contributed by atoms with Crippen LogP contribution in [0, 0.1) is 0 Å². The first-order valence-electron chi connectivity index (χ1n) is 8.50. The zero-order valence-electron chi connectivity index (χ0n) is 13.6. The van der Waals surface area contributed by atoms with Gasteiger partial charge >= 0.3 is 0 Å². The van der Waals surface area contributed by atoms with Crippen LogP contribution in [0.1, 0.15) is 36.4 Å². The molecule has 1 N–H and O–H groups in total. The number of nitrogens with one attached hydrogen (secondary N) is 1. The van der Waals surface area contributed by atoms with Crippen molar-refractivity contribution in [2.75, 3.05) is 31.7 Å². The van der Waals surface area contributed by atoms with Crippen molar-refractivity contribution in [1.29, 1.82) is 0 Å². The van der Waals surface area contributed by atoms with E-state index in [2.05, 4.69) is 20.4 Å². The standard InChI is InChI=1S/C17H18N4O4/c22-15(18-12-3-4-13-14(5-12)24-9-23-13)8-21-6-11(7-21)17-19-16(20-25-17)10-1-2-10/h3-5,10-11H,1-2,6-9H2,(H,18,22). The van der Waals surface area contributed by atoms with Gasteiger partial charge in [0.05, 0.1) is 12.5 Å². The Hall–Kier alpha value is -2.61. The molecule has 1 aliphatic carbocycles. The minimum absolute atomic E-state index is 0.0542. The third kappa shape index (κ3) is 2.93. The predicted octanol–water partition coefficient (Wildman–Crippen LogP) is 1.71. The molecule has 1 saturated carbocycles. The van der Waals surface area contributed by atoms with Crippen LogP contribution in [0.5, 0.6) is 11.5 Å². The molecule has 1 amide bonds. The topological polar surface area (TPSA) is 89.7 Å². The second-order valence-electron chi connectivity index (χ2n) is 6.77. The highest BCUT2D eigenvalue weighted by Crippen LogP contribution is 2.39. The van der Waals surface area contributed by atoms with E-state index in [1.165, 1.54) is 0 Å². The predicted molar refractivity (Wildman–Crippen MR) is 86.6 cm³/mol. The average molecular weight is 342 g/mol. The van der Waals surface area contributed by atoms with Crippen LogP contribution >= 0.6 is 0 Å². The SMILES string of the molecule is O=C(CN1CC(c2nc(C3CC3)no2)C1)Nc1ccc2c(c1)OCO2. The molecule has 2 fully saturated rings. The van der Waals surface area contributed by atoms with Crippen LogP contribution in [0.2, 0.25) is 0 Å². The van der Waals surface area contributed by atoms with Crippen molar-refractivity contribution in [1.82, 2.24) is 15.0 Å². The van der Waals surface area contributed by atoms with Gasteiger partial charge in [-0.1, -0.05) is 5.16 Å². The summed E-state index contributed by atoms with van der Waals surface area (Å²) in [5.74, 6) is 3.59. The molecule has 0 radical (unpaired) electrons. The van der Waals surface area contributed by atoms with E-state index in [-0.39, 0.29) is 18.6 Å². The second kappa shape index (κ2) is 5.73. The Morgan fingerprint density at radius 3 is 2.88 bits per heavy atom. The lowest BCUT2D eigenvalue weighted by Crippen LogP contribution is -2.48. The third-order valence-corrected chi connectivity index (χ3v) is 4.73. The number of aromatic nitrogens is 2. The van der Waals surface area contributed by atoms with E-state index >= 15 is 0 Å². The van der Waals surface area contributed by atoms with E-state index in [0.717, 1.165) is 31.8 Å². The van der Waals surface area contributed by atoms with Crippen LogP contribution in [0.25, 0.3) is 0 Å². The van der Waals surface area contributed by atoms with Gasteiger partial charge in [-0.25, -0.2) is 0 Å². The van der Waals surface area contributed by atoms with Gasteiger partial charge < -0.3 is 19.3 Å². The number of fused-ring (bicyclic) bond motifs is 1. The molecule has 3 heterocycles. The van der Waals surface area contributed by atoms with Crippen LogP contribution in [0.15, 0.2) is 22.7 Å². The molecule has 0 atom stereocenters. The normalized spacial score (nSPS) is 19.7. The summed E-state index contributed by atoms with van der Waals surface area (Å²) in [4.78, 5) is 18.7. The maximum Gasteiger partial charge on any atom is 0.238 e. The minimum atomic E-state index is -0.0542. The lowest BCUT2D eigenvalue weighted by atomic mass is 10.0. The zero-order chi connectivity index (χ0) is 16.8. The van der Waals surface area contributed by atoms with Gasteiger partial charge in [0.1, 0.15) is 0 Å². The van der Waals surface area contributed by atoms with Gasteiger partial charge in [-0.15, -0.1) is 0 Å². The number of benzene rings is 1. The number of anilines is 1. The monoisotopic (exact) mass is 342 g/mol. The molecule has 8 nitrogen and oxygen atoms in total. The van der Waals surface area contributed by atoms with E-state index in [9.17, 15) is 4.79 Å². The molecule has 25 heavy (non-hydrogen) atoms. The van der Waals surface area contributed by atoms with Crippen LogP contribution < -0.4 is 14.8 Å². The molecular formula is C17H18N4O4. The summed E-state index contributed by atoms with van der Waals surface area (Å²) in [5, 5.41) is 6.93. The maximum atomic E-state index is 12.2. The lowest BCUT2D eigenvalue weighted by molar-refractivity contribution is -0.118. The van der Waals surface area contributed by atoms with Gasteiger partial charge in [0.2, 0.25) is 18.6 Å². The second-order valence-corrected chi connectivity index (χ2v) is 6.77. The van der Waals surface area contributed by atoms with Crippen molar-refractivity contribution < 1.29 is 18.8 Å². The van der Waals surface area contributed by atoms with Crippen LogP contribution in [-0.2, 0) is 4.79 Å². The van der Waals surface area contributed by atoms with Crippen molar-refractivity contribution in [3.05, 3.63) is 29.9 Å². The molecule has 130 valence electrons. The number of nitrogens with zero attached hydrogens (tertiary/aromatic N) is 3. The van der Waals surface area contributed by atoms with E-state index < -0.39 is 0 Å². The van der Waals surface area contributed by atoms with Gasteiger partial charge in [0.25, 0.3) is 0 Å². The fourth-order valence-electron chi connectivity index (χ4n) is 3.15. The summed E-state index contributed by atoms with van der Waals surface area (Å²) < 4.78 is 15.9. The third-order valence-electron chi connectivity index (χ3n) is 4.73. The van der Waals surface area contributed by atoms with Crippen molar-refractivity contribution in [2.45, 2.75) is 24.7 Å². The van der Waals surface area contributed by atoms with Gasteiger partial charge in [0, 0.05) is 30.8 Å². The first-order valence-corrected chi connectivity index (χ1v) is 8.50. The van der Waals surface area contributed by atoms with Crippen molar-refractivity contribution >= 4 is 11.6 Å². The first kappa shape index (κ1) is 14.7. The summed E-state index contributed by atoms with van der Waals surface area (Å²) >= 11 is 0. The summed E-state index contributed by atoms with van der Waals surface area (Å²) in [6.45, 7) is 2.09. The molecule has 0 unspecified atom stereocenters. The fourth-order valence-corrected chi connectivity index (χ4v) is 3.15. The molecule has 2 aliphatic heterocycles. The number of hydrogen-bond acceptors (Lipinski definition) is 7. The molecule has 1 aromatic heterocycles. The van der Waals surface area contributed by atoms with Gasteiger partial charge in [-0.2, -0.15) is 4.98 Å². The summed E-state index contributed by atoms with van der Waals surface area (Å²) in [6, 6.07) is 5.38. The Balaban J connectivity index is 1.12. The number of carbonyl (C=O) groups is 1. The minimum Gasteiger partial charge on any atom is -0.454 e. The van der Waals surface area contributed by atoms with Crippen LogP contribution in [0.4, 0.5) is 5.69 Å². The van der Waals surface area contributed by atoms with Gasteiger partial charge in [0.15, 0.2) is 17.3 Å². The van der Waals surface area contributed by atoms with E-state index in [1.807, 2.05) is 6.07 Å². The maximum absolute atomic E-state index is 12.2. The van der Waals surface area contributed by atoms with E-state index in [0.29, 0.717) is 35.5 Å². The number of likely N-dealkylation sites (tertiary alicyclic amines) is 1. The fraction of sp³-hybridized carbons (Fsp3) is 0.471. The van der Waals surface area contributed by atoms with E-state index in [1.54, 1.807) is 12.1 Å². The molecule has 0 spiro atoms. The lowest BCUT2D eigenvalue weighted by Gasteiger charge is -2.36. The Morgan fingerprint density at radius 2 is 2.04 bits per heavy atom. The Morgan fingerprint density at radius 1 is 1.20 bits per heavy atom. The number of carbonyl (C=O) groups excluding carboxylic acids is 1. The summed E-state index contributed by atoms with van der Waals surface area (Å²) in [6.07, 6.45) is 2.32. The first-order chi connectivity index (χ1) is 12.2. The van der Waals surface area contributed by atoms with Crippen LogP contribution in [0.3, 0.4) is 0 Å². The quantitative estimate of drug-likeness (QED) is 0.885. The number of hydrogen-bond donors (Lipinski definition) is 1. The highest BCUT2D eigenvalue weighted by atomic mass is 16.7. The summed E-state index contributed by atoms with van der Waals surface area (Å²) in [5.41, 5.74) is 0.706. The van der Waals surface area contributed by atoms with E-state index in [4.69, 9.17) is 14.0 Å². The van der Waals surface area contributed by atoms with Gasteiger partial charge in [-0.3, -0.25) is 9.69 Å². The van der Waals surface area contributed by atoms with Crippen molar-refractivity contribution in [3.63, 3.8) is 0 Å². The molecule has 0 bridgehead atoms. The Labute approximate surface area is 144 Å². The van der Waals surface area contributed by atoms with Crippen LogP contribution in [-0.4, -0.2) is 47.4 Å².